The zero-order chi connectivity index (χ0) is 17.5. The summed E-state index contributed by atoms with van der Waals surface area (Å²) in [5.41, 5.74) is 0.0393. The normalized spacial score (nSPS) is 12.6. The fourth-order valence-electron chi connectivity index (χ4n) is 1.70. The monoisotopic (exact) mass is 339 g/mol. The molecule has 0 aromatic heterocycles. The van der Waals surface area contributed by atoms with E-state index in [2.05, 4.69) is 5.32 Å². The van der Waals surface area contributed by atoms with Gasteiger partial charge in [-0.2, -0.15) is 0 Å². The number of thioether (sulfide) groups is 1. The van der Waals surface area contributed by atoms with Crippen LogP contribution in [0.2, 0.25) is 0 Å². The molecule has 128 valence electrons. The van der Waals surface area contributed by atoms with E-state index in [9.17, 15) is 9.59 Å². The van der Waals surface area contributed by atoms with Crippen LogP contribution in [0.4, 0.5) is 0 Å². The second-order valence-corrected chi connectivity index (χ2v) is 7.41. The Hall–Kier alpha value is -1.53. The minimum Gasteiger partial charge on any atom is -0.449 e. The lowest BCUT2D eigenvalue weighted by atomic mass is 10.1. The molecule has 23 heavy (non-hydrogen) atoms. The van der Waals surface area contributed by atoms with Crippen molar-refractivity contribution in [1.29, 1.82) is 0 Å². The molecule has 5 nitrogen and oxygen atoms in total. The van der Waals surface area contributed by atoms with Crippen molar-refractivity contribution in [1.82, 2.24) is 5.32 Å². The number of carbonyl (C=O) groups is 2. The van der Waals surface area contributed by atoms with E-state index in [1.165, 1.54) is 0 Å². The van der Waals surface area contributed by atoms with Crippen molar-refractivity contribution in [3.05, 3.63) is 29.8 Å². The van der Waals surface area contributed by atoms with Gasteiger partial charge in [-0.15, -0.1) is 11.8 Å². The van der Waals surface area contributed by atoms with Gasteiger partial charge in [0.2, 0.25) is 0 Å². The van der Waals surface area contributed by atoms with E-state index >= 15 is 0 Å². The average molecular weight is 339 g/mol. The Morgan fingerprint density at radius 1 is 1.26 bits per heavy atom. The van der Waals surface area contributed by atoms with Crippen LogP contribution in [-0.4, -0.2) is 41.0 Å². The summed E-state index contributed by atoms with van der Waals surface area (Å²) >= 11 is 1.61. The van der Waals surface area contributed by atoms with Gasteiger partial charge < -0.3 is 15.2 Å². The van der Waals surface area contributed by atoms with Crippen molar-refractivity contribution >= 4 is 23.6 Å². The summed E-state index contributed by atoms with van der Waals surface area (Å²) in [5.74, 6) is -0.0138. The first kappa shape index (κ1) is 19.5. The van der Waals surface area contributed by atoms with Crippen LogP contribution in [0.25, 0.3) is 0 Å². The zero-order valence-corrected chi connectivity index (χ0v) is 14.9. The predicted molar refractivity (Wildman–Crippen MR) is 91.6 cm³/mol. The third kappa shape index (κ3) is 7.52. The molecule has 1 unspecified atom stereocenters. The fourth-order valence-corrected chi connectivity index (χ4v) is 2.53. The number of ether oxygens (including phenoxy) is 1. The molecule has 0 spiro atoms. The number of amides is 1. The van der Waals surface area contributed by atoms with Crippen molar-refractivity contribution in [2.24, 2.45) is 0 Å². The molecular weight excluding hydrogens is 314 g/mol. The number of nitrogens with one attached hydrogen (secondary N) is 1. The Bertz CT molecular complexity index is 522. The van der Waals surface area contributed by atoms with Gasteiger partial charge in [0.05, 0.1) is 5.56 Å². The summed E-state index contributed by atoms with van der Waals surface area (Å²) in [6.07, 6.45) is -0.116. The van der Waals surface area contributed by atoms with Gasteiger partial charge in [0.15, 0.2) is 6.10 Å². The number of benzene rings is 1. The van der Waals surface area contributed by atoms with Crippen LogP contribution in [0.3, 0.4) is 0 Å². The van der Waals surface area contributed by atoms with Crippen LogP contribution >= 0.6 is 11.8 Å². The summed E-state index contributed by atoms with van der Waals surface area (Å²) in [4.78, 5) is 25.0. The van der Waals surface area contributed by atoms with Crippen LogP contribution in [0.1, 0.15) is 44.5 Å². The van der Waals surface area contributed by atoms with Gasteiger partial charge in [0, 0.05) is 22.8 Å². The molecular formula is C17H25NO4S. The molecule has 2 N–H and O–H groups in total. The highest BCUT2D eigenvalue weighted by Crippen LogP contribution is 2.19. The van der Waals surface area contributed by atoms with E-state index in [4.69, 9.17) is 9.84 Å². The molecule has 1 aromatic rings. The Morgan fingerprint density at radius 2 is 1.87 bits per heavy atom. The number of aliphatic hydroxyl groups is 1. The van der Waals surface area contributed by atoms with Crippen LogP contribution < -0.4 is 5.32 Å². The van der Waals surface area contributed by atoms with E-state index in [-0.39, 0.29) is 18.1 Å². The number of aliphatic hydroxyl groups excluding tert-OH is 1. The van der Waals surface area contributed by atoms with Crippen molar-refractivity contribution in [3.63, 3.8) is 0 Å². The molecule has 0 saturated heterocycles. The molecule has 1 amide bonds. The van der Waals surface area contributed by atoms with Crippen LogP contribution in [-0.2, 0) is 9.53 Å². The Labute approximate surface area is 141 Å². The minimum atomic E-state index is -0.847. The van der Waals surface area contributed by atoms with Crippen molar-refractivity contribution in [2.45, 2.75) is 50.7 Å². The molecule has 1 aromatic carbocycles. The van der Waals surface area contributed by atoms with Crippen LogP contribution in [0.15, 0.2) is 29.2 Å². The highest BCUT2D eigenvalue weighted by molar-refractivity contribution is 7.99. The summed E-state index contributed by atoms with van der Waals surface area (Å²) in [5, 5.41) is 11.5. The van der Waals surface area contributed by atoms with E-state index in [0.29, 0.717) is 5.56 Å². The number of esters is 1. The quantitative estimate of drug-likeness (QED) is 0.454. The third-order valence-corrected chi connectivity index (χ3v) is 3.91. The molecule has 1 atom stereocenters. The number of carbonyl (C=O) groups excluding carboxylic acids is 2. The van der Waals surface area contributed by atoms with Crippen LogP contribution in [0.5, 0.6) is 0 Å². The van der Waals surface area contributed by atoms with Crippen molar-refractivity contribution in [3.8, 4) is 0 Å². The molecule has 0 aliphatic heterocycles. The average Bonchev–Trinajstić information content (AvgIpc) is 2.46. The van der Waals surface area contributed by atoms with Gasteiger partial charge in [-0.3, -0.25) is 4.79 Å². The van der Waals surface area contributed by atoms with E-state index in [1.807, 2.05) is 32.9 Å². The molecule has 0 aliphatic carbocycles. The van der Waals surface area contributed by atoms with Crippen molar-refractivity contribution < 1.29 is 19.4 Å². The molecule has 0 saturated carbocycles. The first-order valence-corrected chi connectivity index (χ1v) is 8.58. The molecule has 0 heterocycles. The lowest BCUT2D eigenvalue weighted by molar-refractivity contribution is -0.130. The first-order chi connectivity index (χ1) is 10.7. The van der Waals surface area contributed by atoms with Crippen LogP contribution in [0, 0.1) is 0 Å². The highest BCUT2D eigenvalue weighted by Gasteiger charge is 2.22. The maximum absolute atomic E-state index is 12.1. The number of hydrogen-bond acceptors (Lipinski definition) is 5. The number of rotatable bonds is 7. The smallest absolute Gasteiger partial charge is 0.338 e. The summed E-state index contributed by atoms with van der Waals surface area (Å²) in [6.45, 7) is 7.33. The third-order valence-electron chi connectivity index (χ3n) is 2.81. The van der Waals surface area contributed by atoms with E-state index < -0.39 is 12.1 Å². The van der Waals surface area contributed by atoms with Gasteiger partial charge in [-0.1, -0.05) is 0 Å². The summed E-state index contributed by atoms with van der Waals surface area (Å²) in [7, 11) is 0. The molecule has 0 bridgehead atoms. The standard InChI is InChI=1S/C17H25NO4S/c1-12(15(20)18-17(2,3)4)22-16(21)13-6-8-14(9-7-13)23-11-5-10-19/h6-9,12,19H,5,10-11H2,1-4H3,(H,18,20). The first-order valence-electron chi connectivity index (χ1n) is 7.59. The fraction of sp³-hybridized carbons (Fsp3) is 0.529. The Kier molecular flexibility index (Phi) is 7.58. The Balaban J connectivity index is 2.55. The van der Waals surface area contributed by atoms with Gasteiger partial charge in [-0.25, -0.2) is 4.79 Å². The largest absolute Gasteiger partial charge is 0.449 e. The Morgan fingerprint density at radius 3 is 2.39 bits per heavy atom. The van der Waals surface area contributed by atoms with E-state index in [0.717, 1.165) is 17.1 Å². The summed E-state index contributed by atoms with van der Waals surface area (Å²) < 4.78 is 5.19. The zero-order valence-electron chi connectivity index (χ0n) is 14.1. The van der Waals surface area contributed by atoms with E-state index in [1.54, 1.807) is 30.8 Å². The lowest BCUT2D eigenvalue weighted by Crippen LogP contribution is -2.46. The second kappa shape index (κ2) is 8.93. The predicted octanol–water partition coefficient (Wildman–Crippen LogP) is 2.62. The minimum absolute atomic E-state index is 0.173. The topological polar surface area (TPSA) is 75.6 Å². The molecule has 1 rings (SSSR count). The van der Waals surface area contributed by atoms with Crippen molar-refractivity contribution in [2.75, 3.05) is 12.4 Å². The number of hydrogen-bond donors (Lipinski definition) is 2. The molecule has 0 fully saturated rings. The van der Waals surface area contributed by atoms with Gasteiger partial charge >= 0.3 is 5.97 Å². The SMILES string of the molecule is CC(OC(=O)c1ccc(SCCCO)cc1)C(=O)NC(C)(C)C. The van der Waals surface area contributed by atoms with Gasteiger partial charge in [-0.05, 0) is 58.4 Å². The molecule has 0 aliphatic rings. The maximum atomic E-state index is 12.1. The lowest BCUT2D eigenvalue weighted by Gasteiger charge is -2.23. The molecule has 0 radical (unpaired) electrons. The van der Waals surface area contributed by atoms with Gasteiger partial charge in [0.25, 0.3) is 5.91 Å². The molecule has 6 heteroatoms. The second-order valence-electron chi connectivity index (χ2n) is 6.24. The highest BCUT2D eigenvalue weighted by atomic mass is 32.2. The van der Waals surface area contributed by atoms with Gasteiger partial charge in [0.1, 0.15) is 0 Å². The summed E-state index contributed by atoms with van der Waals surface area (Å²) in [6, 6.07) is 7.02. The maximum Gasteiger partial charge on any atom is 0.338 e.